The molecule has 52 heavy (non-hydrogen) atoms. The quantitative estimate of drug-likeness (QED) is 0.166. The second-order valence-corrected chi connectivity index (χ2v) is 12.7. The van der Waals surface area contributed by atoms with Crippen LogP contribution >= 0.6 is 0 Å². The monoisotopic (exact) mass is 662 g/mol. The lowest BCUT2D eigenvalue weighted by Gasteiger charge is -2.14. The van der Waals surface area contributed by atoms with Crippen molar-refractivity contribution in [1.82, 2.24) is 15.0 Å². The molecule has 4 heteroatoms. The van der Waals surface area contributed by atoms with Crippen molar-refractivity contribution in [1.29, 1.82) is 0 Å². The highest BCUT2D eigenvalue weighted by molar-refractivity contribution is 6.04. The van der Waals surface area contributed by atoms with E-state index in [4.69, 9.17) is 21.5 Å². The van der Waals surface area contributed by atoms with Crippen LogP contribution in [-0.2, 0) is 0 Å². The maximum absolute atomic E-state index is 7.28. The molecule has 0 saturated carbocycles. The van der Waals surface area contributed by atoms with Gasteiger partial charge in [0.1, 0.15) is 0 Å². The molecule has 0 N–H and O–H groups in total. The molecule has 0 unspecified atom stereocenters. The summed E-state index contributed by atoms with van der Waals surface area (Å²) in [6, 6.07) is 62.5. The van der Waals surface area contributed by atoms with Crippen molar-refractivity contribution in [3.63, 3.8) is 0 Å². The molecule has 0 spiro atoms. The standard InChI is InChI=1S/C48H30N4/c1-49-39-26-24-32(25-27-39)35-20-21-37-31-38(23-22-36(37)30-35)46-50-47(44-19-11-8-16-40(44)33-12-4-2-5-13-33)52-48(51-46)45-29-28-41(34-14-6-3-7-15-34)42-17-9-10-18-43(42)45/h2-31H. The average Bonchev–Trinajstić information content (AvgIpc) is 3.23. The first-order valence-corrected chi connectivity index (χ1v) is 17.2. The lowest BCUT2D eigenvalue weighted by molar-refractivity contribution is 1.08. The molecular formula is C48H30N4. The largest absolute Gasteiger partial charge is 0.238 e. The summed E-state index contributed by atoms with van der Waals surface area (Å²) in [5, 5.41) is 4.43. The third kappa shape index (κ3) is 5.77. The molecule has 0 saturated heterocycles. The van der Waals surface area contributed by atoms with Crippen LogP contribution < -0.4 is 0 Å². The summed E-state index contributed by atoms with van der Waals surface area (Å²) in [5.74, 6) is 1.85. The highest BCUT2D eigenvalue weighted by Gasteiger charge is 2.18. The van der Waals surface area contributed by atoms with Gasteiger partial charge in [0.05, 0.1) is 6.57 Å². The van der Waals surface area contributed by atoms with Gasteiger partial charge in [-0.3, -0.25) is 0 Å². The van der Waals surface area contributed by atoms with Crippen LogP contribution in [0.5, 0.6) is 0 Å². The number of hydrogen-bond donors (Lipinski definition) is 0. The van der Waals surface area contributed by atoms with Crippen molar-refractivity contribution < 1.29 is 0 Å². The van der Waals surface area contributed by atoms with Gasteiger partial charge < -0.3 is 0 Å². The van der Waals surface area contributed by atoms with Gasteiger partial charge in [-0.1, -0.05) is 164 Å². The van der Waals surface area contributed by atoms with E-state index in [1.807, 2.05) is 42.5 Å². The van der Waals surface area contributed by atoms with Crippen LogP contribution in [0.4, 0.5) is 5.69 Å². The maximum atomic E-state index is 7.28. The fourth-order valence-corrected chi connectivity index (χ4v) is 6.95. The van der Waals surface area contributed by atoms with Crippen LogP contribution in [0.2, 0.25) is 0 Å². The summed E-state index contributed by atoms with van der Waals surface area (Å²) in [7, 11) is 0. The summed E-state index contributed by atoms with van der Waals surface area (Å²) < 4.78 is 0. The van der Waals surface area contributed by atoms with E-state index in [-0.39, 0.29) is 0 Å². The molecule has 0 amide bonds. The molecule has 9 aromatic rings. The second-order valence-electron chi connectivity index (χ2n) is 12.7. The second kappa shape index (κ2) is 13.2. The molecule has 9 rings (SSSR count). The first kappa shape index (κ1) is 30.8. The Bertz CT molecular complexity index is 2780. The Hall–Kier alpha value is -7.22. The van der Waals surface area contributed by atoms with Crippen LogP contribution in [0.1, 0.15) is 0 Å². The first-order chi connectivity index (χ1) is 25.7. The van der Waals surface area contributed by atoms with E-state index in [9.17, 15) is 0 Å². The van der Waals surface area contributed by atoms with Gasteiger partial charge in [0.2, 0.25) is 0 Å². The average molecular weight is 663 g/mol. The maximum Gasteiger partial charge on any atom is 0.187 e. The topological polar surface area (TPSA) is 43.0 Å². The number of aromatic nitrogens is 3. The van der Waals surface area contributed by atoms with Gasteiger partial charge in [0, 0.05) is 16.7 Å². The predicted octanol–water partition coefficient (Wildman–Crippen LogP) is 12.7. The molecule has 0 radical (unpaired) electrons. The van der Waals surface area contributed by atoms with Crippen molar-refractivity contribution >= 4 is 27.2 Å². The summed E-state index contributed by atoms with van der Waals surface area (Å²) in [6.45, 7) is 7.28. The summed E-state index contributed by atoms with van der Waals surface area (Å²) in [4.78, 5) is 19.1. The van der Waals surface area contributed by atoms with E-state index < -0.39 is 0 Å². The number of rotatable bonds is 6. The van der Waals surface area contributed by atoms with Gasteiger partial charge in [-0.2, -0.15) is 0 Å². The molecule has 0 bridgehead atoms. The zero-order valence-electron chi connectivity index (χ0n) is 28.1. The Balaban J connectivity index is 1.22. The van der Waals surface area contributed by atoms with E-state index in [0.29, 0.717) is 23.2 Å². The van der Waals surface area contributed by atoms with Gasteiger partial charge in [0.25, 0.3) is 0 Å². The molecule has 8 aromatic carbocycles. The minimum Gasteiger partial charge on any atom is -0.238 e. The fourth-order valence-electron chi connectivity index (χ4n) is 6.95. The van der Waals surface area contributed by atoms with Crippen LogP contribution in [0.25, 0.3) is 93.9 Å². The van der Waals surface area contributed by atoms with Crippen molar-refractivity contribution in [3.8, 4) is 67.5 Å². The third-order valence-corrected chi connectivity index (χ3v) is 9.57. The zero-order valence-corrected chi connectivity index (χ0v) is 28.1. The molecule has 0 aliphatic heterocycles. The first-order valence-electron chi connectivity index (χ1n) is 17.2. The number of fused-ring (bicyclic) bond motifs is 2. The summed E-state index contributed by atoms with van der Waals surface area (Å²) in [5.41, 5.74) is 10.1. The molecule has 0 fully saturated rings. The minimum absolute atomic E-state index is 0.611. The molecular weight excluding hydrogens is 633 g/mol. The van der Waals surface area contributed by atoms with E-state index in [0.717, 1.165) is 60.5 Å². The fraction of sp³-hybridized carbons (Fsp3) is 0. The van der Waals surface area contributed by atoms with Crippen LogP contribution in [0.3, 0.4) is 0 Å². The molecule has 242 valence electrons. The highest BCUT2D eigenvalue weighted by Crippen LogP contribution is 2.37. The van der Waals surface area contributed by atoms with E-state index in [2.05, 4.69) is 144 Å². The molecule has 0 aliphatic rings. The number of benzene rings is 8. The molecule has 0 aliphatic carbocycles. The Labute approximate surface area is 302 Å². The Morgan fingerprint density at radius 2 is 0.808 bits per heavy atom. The van der Waals surface area contributed by atoms with Gasteiger partial charge in [0.15, 0.2) is 23.2 Å². The number of hydrogen-bond acceptors (Lipinski definition) is 3. The third-order valence-electron chi connectivity index (χ3n) is 9.57. The molecule has 1 heterocycles. The van der Waals surface area contributed by atoms with Crippen molar-refractivity contribution in [2.75, 3.05) is 0 Å². The van der Waals surface area contributed by atoms with Gasteiger partial charge in [-0.05, 0) is 73.1 Å². The van der Waals surface area contributed by atoms with Crippen LogP contribution in [0.15, 0.2) is 182 Å². The van der Waals surface area contributed by atoms with Crippen molar-refractivity contribution in [2.24, 2.45) is 0 Å². The lowest BCUT2D eigenvalue weighted by atomic mass is 9.94. The SMILES string of the molecule is [C-]#[N+]c1ccc(-c2ccc3cc(-c4nc(-c5ccccc5-c5ccccc5)nc(-c5ccc(-c6ccccc6)c6ccccc56)n4)ccc3c2)cc1. The van der Waals surface area contributed by atoms with E-state index in [1.165, 1.54) is 11.1 Å². The Kier molecular flexibility index (Phi) is 7.85. The smallest absolute Gasteiger partial charge is 0.187 e. The Morgan fingerprint density at radius 1 is 0.327 bits per heavy atom. The molecule has 0 atom stereocenters. The summed E-state index contributed by atoms with van der Waals surface area (Å²) >= 11 is 0. The summed E-state index contributed by atoms with van der Waals surface area (Å²) in [6.07, 6.45) is 0. The normalized spacial score (nSPS) is 11.1. The van der Waals surface area contributed by atoms with Crippen molar-refractivity contribution in [3.05, 3.63) is 193 Å². The van der Waals surface area contributed by atoms with Gasteiger partial charge in [-0.15, -0.1) is 0 Å². The lowest BCUT2D eigenvalue weighted by Crippen LogP contribution is -2.01. The molecule has 4 nitrogen and oxygen atoms in total. The van der Waals surface area contributed by atoms with E-state index >= 15 is 0 Å². The predicted molar refractivity (Wildman–Crippen MR) is 214 cm³/mol. The van der Waals surface area contributed by atoms with Crippen molar-refractivity contribution in [2.45, 2.75) is 0 Å². The minimum atomic E-state index is 0.611. The molecule has 1 aromatic heterocycles. The van der Waals surface area contributed by atoms with Crippen LogP contribution in [-0.4, -0.2) is 15.0 Å². The van der Waals surface area contributed by atoms with Gasteiger partial charge in [-0.25, -0.2) is 19.8 Å². The number of nitrogens with zero attached hydrogens (tertiary/aromatic N) is 4. The Morgan fingerprint density at radius 3 is 1.48 bits per heavy atom. The van der Waals surface area contributed by atoms with Crippen LogP contribution in [0, 0.1) is 6.57 Å². The zero-order chi connectivity index (χ0) is 34.9. The highest BCUT2D eigenvalue weighted by atomic mass is 15.0. The van der Waals surface area contributed by atoms with Gasteiger partial charge >= 0.3 is 0 Å². The van der Waals surface area contributed by atoms with E-state index in [1.54, 1.807) is 0 Å².